The van der Waals surface area contributed by atoms with Crippen LogP contribution < -0.4 is 0 Å². The van der Waals surface area contributed by atoms with Crippen molar-refractivity contribution in [1.29, 1.82) is 0 Å². The number of carbonyl (C=O) groups excluding carboxylic acids is 1. The van der Waals surface area contributed by atoms with E-state index >= 15 is 0 Å². The summed E-state index contributed by atoms with van der Waals surface area (Å²) in [7, 11) is 1.87. The molecule has 2 heterocycles. The Balaban J connectivity index is 1.84. The Morgan fingerprint density at radius 2 is 2.06 bits per heavy atom. The molecule has 0 saturated carbocycles. The first-order valence-corrected chi connectivity index (χ1v) is 6.54. The first-order valence-electron chi connectivity index (χ1n) is 6.54. The number of carbonyl (C=O) groups is 1. The van der Waals surface area contributed by atoms with Gasteiger partial charge in [-0.1, -0.05) is 0 Å². The highest BCUT2D eigenvalue weighted by molar-refractivity contribution is 5.74. The maximum absolute atomic E-state index is 12.0. The molecule has 0 aromatic rings. The fraction of sp³-hybridized carbons (Fsp3) is 0.917. The predicted molar refractivity (Wildman–Crippen MR) is 66.1 cm³/mol. The van der Waals surface area contributed by atoms with Gasteiger partial charge in [0.15, 0.2) is 0 Å². The highest BCUT2D eigenvalue weighted by Crippen LogP contribution is 2.17. The van der Waals surface area contributed by atoms with Crippen LogP contribution in [0.4, 0.5) is 4.79 Å². The molecular formula is C12H23N3O2. The van der Waals surface area contributed by atoms with E-state index in [0.29, 0.717) is 6.04 Å². The molecule has 2 fully saturated rings. The number of urea groups is 1. The minimum Gasteiger partial charge on any atom is -0.379 e. The molecule has 0 spiro atoms. The molecule has 0 aromatic heterocycles. The van der Waals surface area contributed by atoms with Gasteiger partial charge in [-0.05, 0) is 13.3 Å². The fourth-order valence-electron chi connectivity index (χ4n) is 2.53. The molecule has 2 saturated heterocycles. The van der Waals surface area contributed by atoms with Crippen molar-refractivity contribution in [2.45, 2.75) is 19.4 Å². The van der Waals surface area contributed by atoms with Crippen LogP contribution in [0.3, 0.4) is 0 Å². The van der Waals surface area contributed by atoms with Crippen molar-refractivity contribution in [1.82, 2.24) is 14.7 Å². The molecular weight excluding hydrogens is 218 g/mol. The Hall–Kier alpha value is -0.810. The Labute approximate surface area is 103 Å². The topological polar surface area (TPSA) is 36.0 Å². The number of hydrogen-bond donors (Lipinski definition) is 0. The van der Waals surface area contributed by atoms with E-state index in [-0.39, 0.29) is 6.03 Å². The van der Waals surface area contributed by atoms with E-state index < -0.39 is 0 Å². The number of likely N-dealkylation sites (tertiary alicyclic amines) is 1. The minimum absolute atomic E-state index is 0.170. The van der Waals surface area contributed by atoms with Crippen LogP contribution in [-0.2, 0) is 4.74 Å². The van der Waals surface area contributed by atoms with E-state index in [4.69, 9.17) is 4.74 Å². The van der Waals surface area contributed by atoms with Crippen LogP contribution in [-0.4, -0.2) is 79.8 Å². The Kier molecular flexibility index (Phi) is 4.23. The van der Waals surface area contributed by atoms with Gasteiger partial charge in [0.2, 0.25) is 0 Å². The molecule has 2 aliphatic heterocycles. The summed E-state index contributed by atoms with van der Waals surface area (Å²) in [6.45, 7) is 8.24. The third-order valence-electron chi connectivity index (χ3n) is 3.80. The summed E-state index contributed by atoms with van der Waals surface area (Å²) in [6, 6.07) is 0.705. The van der Waals surface area contributed by atoms with Crippen molar-refractivity contribution < 1.29 is 9.53 Å². The molecule has 0 radical (unpaired) electrons. The van der Waals surface area contributed by atoms with Crippen molar-refractivity contribution in [3.8, 4) is 0 Å². The number of hydrogen-bond acceptors (Lipinski definition) is 3. The second-order valence-corrected chi connectivity index (χ2v) is 4.83. The summed E-state index contributed by atoms with van der Waals surface area (Å²) in [5.41, 5.74) is 0. The van der Waals surface area contributed by atoms with Crippen LogP contribution in [0, 0.1) is 0 Å². The van der Waals surface area contributed by atoms with Gasteiger partial charge in [0.05, 0.1) is 13.2 Å². The van der Waals surface area contributed by atoms with Gasteiger partial charge in [-0.15, -0.1) is 0 Å². The molecule has 0 bridgehead atoms. The molecule has 1 unspecified atom stereocenters. The molecule has 17 heavy (non-hydrogen) atoms. The van der Waals surface area contributed by atoms with Crippen molar-refractivity contribution in [2.75, 3.05) is 53.0 Å². The van der Waals surface area contributed by atoms with Gasteiger partial charge in [-0.3, -0.25) is 4.90 Å². The lowest BCUT2D eigenvalue weighted by Crippen LogP contribution is -2.46. The number of rotatable bonds is 2. The van der Waals surface area contributed by atoms with Crippen LogP contribution >= 0.6 is 0 Å². The van der Waals surface area contributed by atoms with Crippen LogP contribution in [0.25, 0.3) is 0 Å². The Bertz CT molecular complexity index is 266. The van der Waals surface area contributed by atoms with Gasteiger partial charge >= 0.3 is 6.03 Å². The SMILES string of the molecule is CCN(C)C(=O)N1CCC(N2CCOCC2)C1. The first kappa shape index (κ1) is 12.6. The summed E-state index contributed by atoms with van der Waals surface area (Å²) in [5, 5.41) is 0. The van der Waals surface area contributed by atoms with Crippen molar-refractivity contribution in [3.63, 3.8) is 0 Å². The van der Waals surface area contributed by atoms with Crippen LogP contribution in [0.2, 0.25) is 0 Å². The second-order valence-electron chi connectivity index (χ2n) is 4.83. The normalized spacial score (nSPS) is 26.2. The molecule has 2 amide bonds. The van der Waals surface area contributed by atoms with Gasteiger partial charge in [0.25, 0.3) is 0 Å². The molecule has 5 heteroatoms. The molecule has 0 aliphatic carbocycles. The highest BCUT2D eigenvalue weighted by atomic mass is 16.5. The lowest BCUT2D eigenvalue weighted by Gasteiger charge is -2.32. The summed E-state index contributed by atoms with van der Waals surface area (Å²) in [4.78, 5) is 18.2. The zero-order valence-corrected chi connectivity index (χ0v) is 10.9. The quantitative estimate of drug-likeness (QED) is 0.705. The van der Waals surface area contributed by atoms with Crippen LogP contribution in [0.1, 0.15) is 13.3 Å². The van der Waals surface area contributed by atoms with E-state index in [1.165, 1.54) is 0 Å². The molecule has 98 valence electrons. The third-order valence-corrected chi connectivity index (χ3v) is 3.80. The Morgan fingerprint density at radius 1 is 1.35 bits per heavy atom. The van der Waals surface area contributed by atoms with Crippen LogP contribution in [0.5, 0.6) is 0 Å². The van der Waals surface area contributed by atoms with Gasteiger partial charge in [0.1, 0.15) is 0 Å². The lowest BCUT2D eigenvalue weighted by molar-refractivity contribution is 0.0189. The molecule has 2 aliphatic rings. The zero-order valence-electron chi connectivity index (χ0n) is 10.9. The number of ether oxygens (including phenoxy) is 1. The van der Waals surface area contributed by atoms with Crippen molar-refractivity contribution in [2.24, 2.45) is 0 Å². The van der Waals surface area contributed by atoms with Gasteiger partial charge in [-0.2, -0.15) is 0 Å². The van der Waals surface area contributed by atoms with Gasteiger partial charge in [-0.25, -0.2) is 4.79 Å². The molecule has 0 aromatic carbocycles. The van der Waals surface area contributed by atoms with E-state index in [0.717, 1.165) is 52.4 Å². The number of amides is 2. The zero-order chi connectivity index (χ0) is 12.3. The van der Waals surface area contributed by atoms with E-state index in [1.54, 1.807) is 4.90 Å². The lowest BCUT2D eigenvalue weighted by atomic mass is 10.2. The third kappa shape index (κ3) is 2.90. The monoisotopic (exact) mass is 241 g/mol. The maximum atomic E-state index is 12.0. The van der Waals surface area contributed by atoms with Crippen LogP contribution in [0.15, 0.2) is 0 Å². The molecule has 1 atom stereocenters. The van der Waals surface area contributed by atoms with Gasteiger partial charge < -0.3 is 14.5 Å². The largest absolute Gasteiger partial charge is 0.379 e. The summed E-state index contributed by atoms with van der Waals surface area (Å²) < 4.78 is 5.36. The van der Waals surface area contributed by atoms with E-state index in [9.17, 15) is 4.79 Å². The van der Waals surface area contributed by atoms with Crippen molar-refractivity contribution in [3.05, 3.63) is 0 Å². The second kappa shape index (κ2) is 5.69. The van der Waals surface area contributed by atoms with E-state index in [1.807, 2.05) is 18.9 Å². The first-order chi connectivity index (χ1) is 8.22. The summed E-state index contributed by atoms with van der Waals surface area (Å²) in [6.07, 6.45) is 1.10. The maximum Gasteiger partial charge on any atom is 0.319 e. The fourth-order valence-corrected chi connectivity index (χ4v) is 2.53. The van der Waals surface area contributed by atoms with E-state index in [2.05, 4.69) is 4.90 Å². The highest BCUT2D eigenvalue weighted by Gasteiger charge is 2.31. The number of nitrogens with zero attached hydrogens (tertiary/aromatic N) is 3. The summed E-state index contributed by atoms with van der Waals surface area (Å²) >= 11 is 0. The predicted octanol–water partition coefficient (Wildman–Crippen LogP) is 0.465. The Morgan fingerprint density at radius 3 is 2.71 bits per heavy atom. The average molecular weight is 241 g/mol. The van der Waals surface area contributed by atoms with Crippen molar-refractivity contribution >= 4 is 6.03 Å². The smallest absolute Gasteiger partial charge is 0.319 e. The standard InChI is InChI=1S/C12H23N3O2/c1-3-13(2)12(16)15-5-4-11(10-15)14-6-8-17-9-7-14/h11H,3-10H2,1-2H3. The molecule has 0 N–H and O–H groups in total. The average Bonchev–Trinajstić information content (AvgIpc) is 2.87. The van der Waals surface area contributed by atoms with Gasteiger partial charge in [0, 0.05) is 45.8 Å². The minimum atomic E-state index is 0.170. The molecule has 2 rings (SSSR count). The number of morpholine rings is 1. The molecule has 5 nitrogen and oxygen atoms in total. The summed E-state index contributed by atoms with van der Waals surface area (Å²) in [5.74, 6) is 0.